The molecule has 0 amide bonds. The normalized spacial score (nSPS) is 9.86. The van der Waals surface area contributed by atoms with Gasteiger partial charge in [0.2, 0.25) is 0 Å². The number of aryl methyl sites for hydroxylation is 1. The van der Waals surface area contributed by atoms with Crippen LogP contribution in [0.4, 0.5) is 0 Å². The van der Waals surface area contributed by atoms with Crippen LogP contribution in [0.25, 0.3) is 0 Å². The predicted octanol–water partition coefficient (Wildman–Crippen LogP) is 1.99. The Morgan fingerprint density at radius 3 is 2.79 bits per heavy atom. The van der Waals surface area contributed by atoms with E-state index >= 15 is 0 Å². The van der Waals surface area contributed by atoms with E-state index in [1.54, 1.807) is 0 Å². The van der Waals surface area contributed by atoms with E-state index in [4.69, 9.17) is 11.1 Å². The molecule has 1 rings (SSSR count). The molecule has 1 aromatic carbocycles. The van der Waals surface area contributed by atoms with Crippen molar-refractivity contribution in [3.05, 3.63) is 33.8 Å². The van der Waals surface area contributed by atoms with Crippen molar-refractivity contribution in [2.45, 2.75) is 19.9 Å². The van der Waals surface area contributed by atoms with Crippen molar-refractivity contribution in [3.63, 3.8) is 0 Å². The van der Waals surface area contributed by atoms with Gasteiger partial charge in [-0.05, 0) is 23.6 Å². The molecule has 0 saturated carbocycles. The Hall–Kier alpha value is -1.03. The average molecular weight is 256 g/mol. The summed E-state index contributed by atoms with van der Waals surface area (Å²) < 4.78 is 1.11. The van der Waals surface area contributed by atoms with Gasteiger partial charge in [0.05, 0.1) is 0 Å². The van der Waals surface area contributed by atoms with Gasteiger partial charge >= 0.3 is 0 Å². The van der Waals surface area contributed by atoms with E-state index in [1.165, 1.54) is 5.56 Å². The van der Waals surface area contributed by atoms with Gasteiger partial charge in [0.1, 0.15) is 0 Å². The van der Waals surface area contributed by atoms with Crippen LogP contribution in [0.2, 0.25) is 0 Å². The molecule has 0 fully saturated rings. The molecule has 0 aromatic heterocycles. The molecule has 0 saturated heterocycles. The summed E-state index contributed by atoms with van der Waals surface area (Å²) in [5, 5.41) is 9.80. The first-order valence-corrected chi connectivity index (χ1v) is 5.28. The van der Waals surface area contributed by atoms with Gasteiger partial charge < -0.3 is 11.1 Å². The van der Waals surface area contributed by atoms with E-state index in [2.05, 4.69) is 40.3 Å². The van der Waals surface area contributed by atoms with Gasteiger partial charge in [0.25, 0.3) is 0 Å². The van der Waals surface area contributed by atoms with Gasteiger partial charge in [-0.1, -0.05) is 35.0 Å². The maximum atomic E-state index is 7.03. The molecule has 0 atom stereocenters. The summed E-state index contributed by atoms with van der Waals surface area (Å²) in [5.74, 6) is 0.000639. The van der Waals surface area contributed by atoms with Gasteiger partial charge in [0.15, 0.2) is 5.96 Å². The Kier molecular flexibility index (Phi) is 3.95. The van der Waals surface area contributed by atoms with E-state index in [9.17, 15) is 0 Å². The number of nitrogens with one attached hydrogen (secondary N) is 2. The predicted molar refractivity (Wildman–Crippen MR) is 62.3 cm³/mol. The van der Waals surface area contributed by atoms with E-state index in [0.717, 1.165) is 16.5 Å². The molecule has 14 heavy (non-hydrogen) atoms. The minimum absolute atomic E-state index is 0.000639. The Morgan fingerprint density at radius 2 is 2.29 bits per heavy atom. The summed E-state index contributed by atoms with van der Waals surface area (Å²) in [6.07, 6.45) is 1.01. The molecule has 3 nitrogen and oxygen atoms in total. The number of halogens is 1. The maximum Gasteiger partial charge on any atom is 0.185 e. The van der Waals surface area contributed by atoms with Crippen LogP contribution in [0.1, 0.15) is 18.1 Å². The molecule has 0 radical (unpaired) electrons. The third-order valence-electron chi connectivity index (χ3n) is 1.98. The Bertz CT molecular complexity index is 336. The smallest absolute Gasteiger partial charge is 0.185 e. The molecule has 0 bridgehead atoms. The van der Waals surface area contributed by atoms with Crippen molar-refractivity contribution in [2.75, 3.05) is 0 Å². The number of hydrogen-bond acceptors (Lipinski definition) is 1. The van der Waals surface area contributed by atoms with Crippen molar-refractivity contribution in [1.82, 2.24) is 5.32 Å². The lowest BCUT2D eigenvalue weighted by atomic mass is 10.1. The van der Waals surface area contributed by atoms with Gasteiger partial charge in [0, 0.05) is 11.0 Å². The van der Waals surface area contributed by atoms with E-state index in [1.807, 2.05) is 6.07 Å². The van der Waals surface area contributed by atoms with E-state index < -0.39 is 0 Å². The summed E-state index contributed by atoms with van der Waals surface area (Å²) in [6.45, 7) is 2.71. The van der Waals surface area contributed by atoms with Crippen LogP contribution >= 0.6 is 15.9 Å². The molecule has 4 N–H and O–H groups in total. The number of rotatable bonds is 3. The monoisotopic (exact) mass is 255 g/mol. The lowest BCUT2D eigenvalue weighted by Crippen LogP contribution is -2.29. The van der Waals surface area contributed by atoms with Crippen molar-refractivity contribution < 1.29 is 0 Å². The summed E-state index contributed by atoms with van der Waals surface area (Å²) in [6, 6.07) is 6.18. The number of nitrogens with two attached hydrogens (primary N) is 1. The molecule has 0 aliphatic carbocycles. The molecule has 0 unspecified atom stereocenters. The highest BCUT2D eigenvalue weighted by atomic mass is 79.9. The zero-order valence-electron chi connectivity index (χ0n) is 8.10. The largest absolute Gasteiger partial charge is 0.370 e. The SMILES string of the molecule is CCc1ccc(CNC(=N)N)cc1Br. The minimum atomic E-state index is 0.000639. The van der Waals surface area contributed by atoms with Crippen molar-refractivity contribution in [1.29, 1.82) is 5.41 Å². The van der Waals surface area contributed by atoms with Crippen molar-refractivity contribution >= 4 is 21.9 Å². The molecule has 1 aromatic rings. The second-order valence-corrected chi connectivity index (χ2v) is 3.90. The van der Waals surface area contributed by atoms with Crippen LogP contribution < -0.4 is 11.1 Å². The molecule has 0 aliphatic rings. The molecule has 0 aliphatic heterocycles. The van der Waals surface area contributed by atoms with Crippen LogP contribution in [0.3, 0.4) is 0 Å². The maximum absolute atomic E-state index is 7.03. The highest BCUT2D eigenvalue weighted by Crippen LogP contribution is 2.18. The first-order chi connectivity index (χ1) is 6.63. The van der Waals surface area contributed by atoms with E-state index in [-0.39, 0.29) is 5.96 Å². The summed E-state index contributed by atoms with van der Waals surface area (Å²) in [4.78, 5) is 0. The molecule has 0 spiro atoms. The highest BCUT2D eigenvalue weighted by Gasteiger charge is 1.99. The third kappa shape index (κ3) is 3.03. The zero-order valence-corrected chi connectivity index (χ0v) is 9.69. The highest BCUT2D eigenvalue weighted by molar-refractivity contribution is 9.10. The summed E-state index contributed by atoms with van der Waals surface area (Å²) in [7, 11) is 0. The number of hydrogen-bond donors (Lipinski definition) is 3. The summed E-state index contributed by atoms with van der Waals surface area (Å²) >= 11 is 3.50. The van der Waals surface area contributed by atoms with Crippen molar-refractivity contribution in [3.8, 4) is 0 Å². The lowest BCUT2D eigenvalue weighted by Gasteiger charge is -2.06. The fourth-order valence-electron chi connectivity index (χ4n) is 1.18. The fraction of sp³-hybridized carbons (Fsp3) is 0.300. The average Bonchev–Trinajstić information content (AvgIpc) is 2.15. The Labute approximate surface area is 92.3 Å². The van der Waals surface area contributed by atoms with Crippen LogP contribution in [-0.4, -0.2) is 5.96 Å². The van der Waals surface area contributed by atoms with Gasteiger partial charge in [-0.2, -0.15) is 0 Å². The topological polar surface area (TPSA) is 61.9 Å². The second kappa shape index (κ2) is 5.00. The molecular weight excluding hydrogens is 242 g/mol. The van der Waals surface area contributed by atoms with Gasteiger partial charge in [-0.15, -0.1) is 0 Å². The fourth-order valence-corrected chi connectivity index (χ4v) is 1.89. The molecule has 76 valence electrons. The van der Waals surface area contributed by atoms with Crippen LogP contribution in [0.15, 0.2) is 22.7 Å². The zero-order chi connectivity index (χ0) is 10.6. The van der Waals surface area contributed by atoms with Gasteiger partial charge in [-0.3, -0.25) is 5.41 Å². The second-order valence-electron chi connectivity index (χ2n) is 3.05. The standard InChI is InChI=1S/C10H14BrN3/c1-2-8-4-3-7(5-9(8)11)6-14-10(12)13/h3-5H,2,6H2,1H3,(H4,12,13,14). The third-order valence-corrected chi connectivity index (χ3v) is 2.72. The van der Waals surface area contributed by atoms with Crippen LogP contribution in [0, 0.1) is 5.41 Å². The molecule has 4 heteroatoms. The minimum Gasteiger partial charge on any atom is -0.370 e. The van der Waals surface area contributed by atoms with Crippen LogP contribution in [0.5, 0.6) is 0 Å². The van der Waals surface area contributed by atoms with Gasteiger partial charge in [-0.25, -0.2) is 0 Å². The molecule has 0 heterocycles. The Balaban J connectivity index is 2.71. The summed E-state index contributed by atoms with van der Waals surface area (Å²) in [5.41, 5.74) is 7.60. The quantitative estimate of drug-likeness (QED) is 0.572. The first kappa shape index (κ1) is 11.0. The molecular formula is C10H14BrN3. The number of benzene rings is 1. The first-order valence-electron chi connectivity index (χ1n) is 4.48. The lowest BCUT2D eigenvalue weighted by molar-refractivity contribution is 0.894. The van der Waals surface area contributed by atoms with E-state index in [0.29, 0.717) is 6.54 Å². The number of guanidine groups is 1. The van der Waals surface area contributed by atoms with Crippen molar-refractivity contribution in [2.24, 2.45) is 5.73 Å². The van der Waals surface area contributed by atoms with Crippen LogP contribution in [-0.2, 0) is 13.0 Å². The Morgan fingerprint density at radius 1 is 1.57 bits per heavy atom.